The fraction of sp³-hybridized carbons (Fsp3) is 0.364. The van der Waals surface area contributed by atoms with Gasteiger partial charge in [-0.05, 0) is 49.7 Å². The van der Waals surface area contributed by atoms with E-state index in [9.17, 15) is 13.9 Å². The zero-order chi connectivity index (χ0) is 23.8. The van der Waals surface area contributed by atoms with Crippen molar-refractivity contribution >= 4 is 11.4 Å². The van der Waals surface area contributed by atoms with E-state index in [4.69, 9.17) is 20.7 Å². The van der Waals surface area contributed by atoms with Crippen LogP contribution in [0.4, 0.5) is 8.78 Å². The summed E-state index contributed by atoms with van der Waals surface area (Å²) in [4.78, 5) is 0. The lowest BCUT2D eigenvalue weighted by atomic mass is 9.99. The Morgan fingerprint density at radius 3 is 2.32 bits per heavy atom. The molecule has 0 saturated heterocycles. The molecule has 2 aromatic rings. The number of hydrogen-bond donors (Lipinski definition) is 5. The topological polar surface area (TPSA) is 119 Å². The van der Waals surface area contributed by atoms with Gasteiger partial charge < -0.3 is 30.5 Å². The maximum absolute atomic E-state index is 11.8. The number of ether oxygens (including phenoxy) is 2. The van der Waals surface area contributed by atoms with Gasteiger partial charge >= 0.3 is 6.61 Å². The first-order chi connectivity index (χ1) is 14.8. The molecule has 0 spiro atoms. The van der Waals surface area contributed by atoms with Crippen LogP contribution in [0.2, 0.25) is 0 Å². The van der Waals surface area contributed by atoms with Crippen molar-refractivity contribution in [2.75, 3.05) is 27.5 Å². The number of aliphatic hydroxyl groups is 2. The van der Waals surface area contributed by atoms with Crippen molar-refractivity contribution in [3.63, 3.8) is 0 Å². The molecular weight excluding hydrogens is 408 g/mol. The van der Waals surface area contributed by atoms with Crippen LogP contribution in [0, 0.1) is 17.7 Å². The molecule has 0 fully saturated rings. The van der Waals surface area contributed by atoms with Gasteiger partial charge in [0.25, 0.3) is 0 Å². The van der Waals surface area contributed by atoms with Crippen LogP contribution in [0.25, 0.3) is 0 Å². The SMILES string of the molecule is CC(=N)c1cccc(OC(F)F)c1.CNCOCC(=N)c1cccc(C)c1CO.CO. The molecule has 0 heterocycles. The lowest BCUT2D eigenvalue weighted by Gasteiger charge is -2.11. The van der Waals surface area contributed by atoms with Crippen LogP contribution in [0.15, 0.2) is 42.5 Å². The van der Waals surface area contributed by atoms with Gasteiger partial charge in [-0.1, -0.05) is 30.3 Å². The largest absolute Gasteiger partial charge is 0.435 e. The highest BCUT2D eigenvalue weighted by Gasteiger charge is 2.09. The second-order valence-electron chi connectivity index (χ2n) is 6.12. The first-order valence-electron chi connectivity index (χ1n) is 9.34. The zero-order valence-corrected chi connectivity index (χ0v) is 18.2. The Morgan fingerprint density at radius 1 is 1.13 bits per heavy atom. The molecule has 0 amide bonds. The summed E-state index contributed by atoms with van der Waals surface area (Å²) in [6.45, 7) is 1.32. The van der Waals surface area contributed by atoms with E-state index >= 15 is 0 Å². The quantitative estimate of drug-likeness (QED) is 0.233. The summed E-state index contributed by atoms with van der Waals surface area (Å²) < 4.78 is 33.0. The standard InChI is InChI=1S/C12H18N2O2.C9H9F2NO.CH4O/c1-9-4-3-5-10(11(9)6-15)12(13)7-16-8-14-2;1-6(12)7-3-2-4-8(5-7)13-9(10)11;1-2/h3-5,13-15H,6-8H2,1-2H3;2-5,9,12H,1H3;2H,1H3. The Hall–Kier alpha value is -2.72. The van der Waals surface area contributed by atoms with Gasteiger partial charge in [0.05, 0.1) is 25.7 Å². The van der Waals surface area contributed by atoms with Crippen molar-refractivity contribution in [3.8, 4) is 5.75 Å². The molecule has 0 saturated carbocycles. The summed E-state index contributed by atoms with van der Waals surface area (Å²) in [5, 5.41) is 34.3. The number of hydrogen-bond acceptors (Lipinski definition) is 7. The molecule has 9 heteroatoms. The van der Waals surface area contributed by atoms with Crippen LogP contribution < -0.4 is 10.1 Å². The van der Waals surface area contributed by atoms with Crippen molar-refractivity contribution in [3.05, 3.63) is 64.7 Å². The Labute approximate surface area is 181 Å². The fourth-order valence-electron chi connectivity index (χ4n) is 2.43. The normalized spacial score (nSPS) is 9.84. The average Bonchev–Trinajstić information content (AvgIpc) is 2.75. The second kappa shape index (κ2) is 16.0. The Bertz CT molecular complexity index is 817. The average molecular weight is 440 g/mol. The Morgan fingerprint density at radius 2 is 1.77 bits per heavy atom. The van der Waals surface area contributed by atoms with E-state index in [1.807, 2.05) is 25.1 Å². The second-order valence-corrected chi connectivity index (χ2v) is 6.12. The first kappa shape index (κ1) is 28.3. The molecule has 2 aromatic carbocycles. The number of alkyl halides is 2. The monoisotopic (exact) mass is 439 g/mol. The highest BCUT2D eigenvalue weighted by atomic mass is 19.3. The molecule has 2 rings (SSSR count). The van der Waals surface area contributed by atoms with Gasteiger partial charge in [-0.2, -0.15) is 8.78 Å². The highest BCUT2D eigenvalue weighted by molar-refractivity contribution is 6.00. The number of aryl methyl sites for hydroxylation is 1. The number of benzene rings is 2. The maximum atomic E-state index is 11.8. The van der Waals surface area contributed by atoms with Crippen molar-refractivity contribution in [1.29, 1.82) is 10.8 Å². The molecule has 0 aliphatic rings. The molecule has 172 valence electrons. The molecule has 0 aromatic heterocycles. The number of nitrogens with one attached hydrogen (secondary N) is 3. The van der Waals surface area contributed by atoms with Gasteiger partial charge in [0.2, 0.25) is 0 Å². The summed E-state index contributed by atoms with van der Waals surface area (Å²) >= 11 is 0. The van der Waals surface area contributed by atoms with Gasteiger partial charge in [-0.15, -0.1) is 0 Å². The minimum atomic E-state index is -2.82. The predicted molar refractivity (Wildman–Crippen MR) is 118 cm³/mol. The number of rotatable bonds is 9. The van der Waals surface area contributed by atoms with Crippen LogP contribution in [-0.2, 0) is 11.3 Å². The van der Waals surface area contributed by atoms with Crippen LogP contribution in [-0.4, -0.2) is 55.7 Å². The minimum Gasteiger partial charge on any atom is -0.435 e. The zero-order valence-electron chi connectivity index (χ0n) is 18.2. The number of aliphatic hydroxyl groups excluding tert-OH is 2. The van der Waals surface area contributed by atoms with Crippen molar-refractivity contribution in [2.45, 2.75) is 27.1 Å². The summed E-state index contributed by atoms with van der Waals surface area (Å²) in [6, 6.07) is 11.7. The lowest BCUT2D eigenvalue weighted by molar-refractivity contribution is -0.0498. The summed E-state index contributed by atoms with van der Waals surface area (Å²) in [5.74, 6) is 0.0825. The van der Waals surface area contributed by atoms with Gasteiger partial charge in [0.1, 0.15) is 5.75 Å². The Kier molecular flexibility index (Phi) is 14.6. The van der Waals surface area contributed by atoms with Crippen LogP contribution in [0.3, 0.4) is 0 Å². The van der Waals surface area contributed by atoms with E-state index < -0.39 is 6.61 Å². The molecule has 31 heavy (non-hydrogen) atoms. The minimum absolute atomic E-state index is 0.0452. The molecule has 5 N–H and O–H groups in total. The van der Waals surface area contributed by atoms with Crippen molar-refractivity contribution < 1.29 is 28.5 Å². The lowest BCUT2D eigenvalue weighted by Crippen LogP contribution is -2.18. The molecule has 0 bridgehead atoms. The van der Waals surface area contributed by atoms with Crippen molar-refractivity contribution in [1.82, 2.24) is 5.32 Å². The first-order valence-corrected chi connectivity index (χ1v) is 9.34. The summed E-state index contributed by atoms with van der Waals surface area (Å²) in [7, 11) is 2.79. The predicted octanol–water partition coefficient (Wildman–Crippen LogP) is 3.33. The molecular formula is C22H31F2N3O4. The van der Waals surface area contributed by atoms with E-state index in [0.29, 0.717) is 23.7 Å². The molecule has 0 aliphatic heterocycles. The highest BCUT2D eigenvalue weighted by Crippen LogP contribution is 2.16. The van der Waals surface area contributed by atoms with Crippen LogP contribution in [0.1, 0.15) is 29.2 Å². The van der Waals surface area contributed by atoms with E-state index in [-0.39, 0.29) is 19.0 Å². The van der Waals surface area contributed by atoms with Crippen LogP contribution in [0.5, 0.6) is 5.75 Å². The number of halogens is 2. The van der Waals surface area contributed by atoms with E-state index in [0.717, 1.165) is 23.8 Å². The van der Waals surface area contributed by atoms with Crippen molar-refractivity contribution in [2.24, 2.45) is 0 Å². The van der Waals surface area contributed by atoms with E-state index in [1.54, 1.807) is 26.1 Å². The van der Waals surface area contributed by atoms with Gasteiger partial charge in [-0.3, -0.25) is 5.32 Å². The maximum Gasteiger partial charge on any atom is 0.387 e. The van der Waals surface area contributed by atoms with Gasteiger partial charge in [0.15, 0.2) is 0 Å². The van der Waals surface area contributed by atoms with Gasteiger partial charge in [0, 0.05) is 18.4 Å². The molecule has 0 aliphatic carbocycles. The molecule has 0 atom stereocenters. The molecule has 0 unspecified atom stereocenters. The third-order valence-electron chi connectivity index (χ3n) is 3.88. The summed E-state index contributed by atoms with van der Waals surface area (Å²) in [6.07, 6.45) is 0. The summed E-state index contributed by atoms with van der Waals surface area (Å²) in [5.41, 5.74) is 3.86. The smallest absolute Gasteiger partial charge is 0.387 e. The van der Waals surface area contributed by atoms with E-state index in [1.165, 1.54) is 12.1 Å². The van der Waals surface area contributed by atoms with Gasteiger partial charge in [-0.25, -0.2) is 0 Å². The Balaban J connectivity index is 0.000000547. The third-order valence-corrected chi connectivity index (χ3v) is 3.88. The molecule has 7 nitrogen and oxygen atoms in total. The fourth-order valence-corrected chi connectivity index (χ4v) is 2.43. The molecule has 0 radical (unpaired) electrons. The third kappa shape index (κ3) is 10.7. The van der Waals surface area contributed by atoms with E-state index in [2.05, 4.69) is 10.1 Å². The van der Waals surface area contributed by atoms with Crippen LogP contribution >= 0.6 is 0 Å².